The number of nitrogens with zero attached hydrogens (tertiary/aromatic N) is 3. The average Bonchev–Trinajstić information content (AvgIpc) is 3.06. The van der Waals surface area contributed by atoms with Gasteiger partial charge in [-0.15, -0.1) is 0 Å². The van der Waals surface area contributed by atoms with Gasteiger partial charge >= 0.3 is 0 Å². The maximum Gasteiger partial charge on any atom is 0.174 e. The summed E-state index contributed by atoms with van der Waals surface area (Å²) in [5.74, 6) is 6.07. The van der Waals surface area contributed by atoms with E-state index in [2.05, 4.69) is 16.8 Å². The predicted octanol–water partition coefficient (Wildman–Crippen LogP) is -0.236. The van der Waals surface area contributed by atoms with Gasteiger partial charge in [0.25, 0.3) is 0 Å². The van der Waals surface area contributed by atoms with Gasteiger partial charge in [0.1, 0.15) is 30.1 Å². The number of aliphatic hydroxyl groups excluding tert-OH is 3. The molecule has 0 bridgehead atoms. The molecule has 5 atom stereocenters. The van der Waals surface area contributed by atoms with Crippen LogP contribution in [0, 0.1) is 29.1 Å². The van der Waals surface area contributed by atoms with Gasteiger partial charge in [0.15, 0.2) is 11.9 Å². The van der Waals surface area contributed by atoms with Crippen LogP contribution in [-0.2, 0) is 4.74 Å². The van der Waals surface area contributed by atoms with Gasteiger partial charge in [0, 0.05) is 5.92 Å². The summed E-state index contributed by atoms with van der Waals surface area (Å²) in [5.41, 5.74) is 0.464. The van der Waals surface area contributed by atoms with Crippen LogP contribution in [-0.4, -0.2) is 49.8 Å². The molecule has 2 rings (SSSR count). The second kappa shape index (κ2) is 6.91. The first-order chi connectivity index (χ1) is 10.5. The predicted molar refractivity (Wildman–Crippen MR) is 76.3 cm³/mol. The van der Waals surface area contributed by atoms with Crippen LogP contribution in [0.25, 0.3) is 0 Å². The Balaban J connectivity index is 2.38. The molecule has 1 aromatic heterocycles. The molecule has 1 aliphatic rings. The number of rotatable bonds is 3. The zero-order valence-electron chi connectivity index (χ0n) is 12.5. The second-order valence-corrected chi connectivity index (χ2v) is 5.27. The van der Waals surface area contributed by atoms with Crippen molar-refractivity contribution in [3.63, 3.8) is 0 Å². The number of hydrogen-bond acceptors (Lipinski definition) is 6. The molecular weight excluding hydrogens is 286 g/mol. The van der Waals surface area contributed by atoms with E-state index in [4.69, 9.17) is 15.1 Å². The number of aliphatic hydroxyl groups is 3. The Morgan fingerprint density at radius 2 is 2.18 bits per heavy atom. The van der Waals surface area contributed by atoms with Gasteiger partial charge < -0.3 is 20.1 Å². The van der Waals surface area contributed by atoms with Crippen molar-refractivity contribution in [2.45, 2.75) is 44.8 Å². The first-order valence-corrected chi connectivity index (χ1v) is 7.14. The van der Waals surface area contributed by atoms with Crippen LogP contribution in [0.1, 0.15) is 37.9 Å². The Labute approximate surface area is 128 Å². The lowest BCUT2D eigenvalue weighted by Crippen LogP contribution is -2.33. The summed E-state index contributed by atoms with van der Waals surface area (Å²) in [6, 6.07) is 1.95. The van der Waals surface area contributed by atoms with Crippen molar-refractivity contribution in [1.82, 2.24) is 9.55 Å². The Morgan fingerprint density at radius 1 is 1.45 bits per heavy atom. The summed E-state index contributed by atoms with van der Waals surface area (Å²) in [6.45, 7) is 3.56. The van der Waals surface area contributed by atoms with Crippen LogP contribution >= 0.6 is 0 Å². The highest BCUT2D eigenvalue weighted by Gasteiger charge is 2.44. The summed E-state index contributed by atoms with van der Waals surface area (Å²) in [7, 11) is 0. The monoisotopic (exact) mass is 305 g/mol. The minimum atomic E-state index is -1.23. The minimum absolute atomic E-state index is 0.133. The van der Waals surface area contributed by atoms with E-state index in [1.165, 1.54) is 10.9 Å². The third-order valence-electron chi connectivity index (χ3n) is 3.74. The molecule has 7 nitrogen and oxygen atoms in total. The first kappa shape index (κ1) is 16.5. The van der Waals surface area contributed by atoms with Gasteiger partial charge in [0.2, 0.25) is 0 Å². The number of aromatic nitrogens is 2. The highest BCUT2D eigenvalue weighted by atomic mass is 16.6. The van der Waals surface area contributed by atoms with Crippen molar-refractivity contribution < 1.29 is 20.1 Å². The van der Waals surface area contributed by atoms with Crippen molar-refractivity contribution in [3.05, 3.63) is 17.7 Å². The molecule has 0 aromatic carbocycles. The molecule has 3 N–H and O–H groups in total. The smallest absolute Gasteiger partial charge is 0.174 e. The van der Waals surface area contributed by atoms with Crippen molar-refractivity contribution in [3.8, 4) is 17.9 Å². The normalized spacial score (nSPS) is 28.7. The van der Waals surface area contributed by atoms with Crippen molar-refractivity contribution >= 4 is 0 Å². The summed E-state index contributed by atoms with van der Waals surface area (Å²) in [4.78, 5) is 3.96. The molecule has 0 amide bonds. The Morgan fingerprint density at radius 3 is 2.73 bits per heavy atom. The molecule has 0 radical (unpaired) electrons. The standard InChI is InChI=1S/C15H19N3O4/c1-3-9(2)4-5-11-10(6-16)17-8-18(11)15-14(21)13(20)12(7-19)22-15/h8-9,12-15,19-21H,3,7H2,1-2H3/t9?,12-,13-,14-,15-/m1/s1. The number of hydrogen-bond donors (Lipinski definition) is 3. The fourth-order valence-corrected chi connectivity index (χ4v) is 2.16. The summed E-state index contributed by atoms with van der Waals surface area (Å²) < 4.78 is 6.88. The van der Waals surface area contributed by atoms with E-state index in [0.717, 1.165) is 6.42 Å². The van der Waals surface area contributed by atoms with Crippen molar-refractivity contribution in [2.24, 2.45) is 5.92 Å². The fourth-order valence-electron chi connectivity index (χ4n) is 2.16. The fraction of sp³-hybridized carbons (Fsp3) is 0.600. The Hall–Kier alpha value is -1.90. The number of nitriles is 1. The van der Waals surface area contributed by atoms with Gasteiger partial charge in [-0.3, -0.25) is 4.57 Å². The van der Waals surface area contributed by atoms with Gasteiger partial charge in [0.05, 0.1) is 12.9 Å². The maximum absolute atomic E-state index is 10.1. The van der Waals surface area contributed by atoms with Gasteiger partial charge in [-0.25, -0.2) is 4.98 Å². The lowest BCUT2D eigenvalue weighted by atomic mass is 10.1. The highest BCUT2D eigenvalue weighted by Crippen LogP contribution is 2.30. The Bertz CT molecular complexity index is 625. The van der Waals surface area contributed by atoms with E-state index < -0.39 is 31.1 Å². The largest absolute Gasteiger partial charge is 0.394 e. The highest BCUT2D eigenvalue weighted by molar-refractivity contribution is 5.40. The molecule has 0 aliphatic carbocycles. The van der Waals surface area contributed by atoms with Crippen LogP contribution < -0.4 is 0 Å². The van der Waals surface area contributed by atoms with Crippen LogP contribution in [0.2, 0.25) is 0 Å². The molecule has 1 saturated heterocycles. The van der Waals surface area contributed by atoms with E-state index >= 15 is 0 Å². The second-order valence-electron chi connectivity index (χ2n) is 5.27. The van der Waals surface area contributed by atoms with Gasteiger partial charge in [-0.05, 0) is 12.3 Å². The minimum Gasteiger partial charge on any atom is -0.394 e. The zero-order valence-corrected chi connectivity index (χ0v) is 12.5. The molecule has 118 valence electrons. The molecular formula is C15H19N3O4. The number of ether oxygens (including phenoxy) is 1. The topological polar surface area (TPSA) is 112 Å². The summed E-state index contributed by atoms with van der Waals surface area (Å²) in [6.07, 6.45) is -2.05. The van der Waals surface area contributed by atoms with Crippen LogP contribution in [0.4, 0.5) is 0 Å². The van der Waals surface area contributed by atoms with E-state index in [1.807, 2.05) is 19.9 Å². The molecule has 1 unspecified atom stereocenters. The van der Waals surface area contributed by atoms with E-state index in [-0.39, 0.29) is 11.6 Å². The van der Waals surface area contributed by atoms with Crippen molar-refractivity contribution in [2.75, 3.05) is 6.61 Å². The van der Waals surface area contributed by atoms with E-state index in [9.17, 15) is 10.2 Å². The number of imidazole rings is 1. The van der Waals surface area contributed by atoms with Crippen molar-refractivity contribution in [1.29, 1.82) is 5.26 Å². The lowest BCUT2D eigenvalue weighted by molar-refractivity contribution is -0.0531. The van der Waals surface area contributed by atoms with Gasteiger partial charge in [-0.2, -0.15) is 5.26 Å². The van der Waals surface area contributed by atoms with Crippen LogP contribution in [0.3, 0.4) is 0 Å². The molecule has 1 fully saturated rings. The molecule has 0 saturated carbocycles. The van der Waals surface area contributed by atoms with E-state index in [1.54, 1.807) is 0 Å². The summed E-state index contributed by atoms with van der Waals surface area (Å²) >= 11 is 0. The third kappa shape index (κ3) is 2.99. The molecule has 2 heterocycles. The zero-order chi connectivity index (χ0) is 16.3. The maximum atomic E-state index is 10.1. The quantitative estimate of drug-likeness (QED) is 0.665. The third-order valence-corrected chi connectivity index (χ3v) is 3.74. The van der Waals surface area contributed by atoms with Crippen LogP contribution in [0.15, 0.2) is 6.33 Å². The lowest BCUT2D eigenvalue weighted by Gasteiger charge is -2.17. The first-order valence-electron chi connectivity index (χ1n) is 7.14. The molecule has 0 spiro atoms. The Kier molecular flexibility index (Phi) is 5.17. The van der Waals surface area contributed by atoms with Crippen LogP contribution in [0.5, 0.6) is 0 Å². The molecule has 1 aliphatic heterocycles. The molecule has 22 heavy (non-hydrogen) atoms. The molecule has 1 aromatic rings. The van der Waals surface area contributed by atoms with E-state index in [0.29, 0.717) is 5.69 Å². The molecule has 7 heteroatoms. The SMILES string of the molecule is CCC(C)C#Cc1c(C#N)ncn1[C@@H]1O[C@H](CO)[C@@H](O)[C@H]1O. The summed E-state index contributed by atoms with van der Waals surface area (Å²) in [5, 5.41) is 38.2. The average molecular weight is 305 g/mol. The van der Waals surface area contributed by atoms with Gasteiger partial charge in [-0.1, -0.05) is 19.8 Å².